The van der Waals surface area contributed by atoms with Crippen molar-refractivity contribution < 1.29 is 19.1 Å². The van der Waals surface area contributed by atoms with E-state index in [1.807, 2.05) is 32.0 Å². The minimum absolute atomic E-state index is 0.136. The van der Waals surface area contributed by atoms with Crippen LogP contribution in [-0.2, 0) is 24.7 Å². The summed E-state index contributed by atoms with van der Waals surface area (Å²) in [5.74, 6) is 0.444. The summed E-state index contributed by atoms with van der Waals surface area (Å²) in [6.45, 7) is 4.08. The molecule has 2 aliphatic heterocycles. The van der Waals surface area contributed by atoms with Gasteiger partial charge in [-0.2, -0.15) is 0 Å². The molecule has 1 aromatic rings. The minimum atomic E-state index is -0.994. The zero-order chi connectivity index (χ0) is 15.7. The summed E-state index contributed by atoms with van der Waals surface area (Å²) < 4.78 is 11.5. The van der Waals surface area contributed by atoms with Crippen LogP contribution in [0.15, 0.2) is 18.2 Å². The van der Waals surface area contributed by atoms with Gasteiger partial charge in [-0.25, -0.2) is 0 Å². The van der Waals surface area contributed by atoms with E-state index in [1.165, 1.54) is 5.56 Å². The molecule has 2 heterocycles. The van der Waals surface area contributed by atoms with Crippen LogP contribution in [0.3, 0.4) is 0 Å². The Morgan fingerprint density at radius 2 is 1.78 bits per heavy atom. The minimum Gasteiger partial charge on any atom is -0.369 e. The van der Waals surface area contributed by atoms with E-state index in [9.17, 15) is 9.59 Å². The number of carbonyl (C=O) groups excluding carboxylic acids is 2. The Morgan fingerprint density at radius 3 is 2.52 bits per heavy atom. The van der Waals surface area contributed by atoms with Crippen LogP contribution in [-0.4, -0.2) is 29.9 Å². The fraction of sp³-hybridized carbons (Fsp3) is 0.579. The number of Topliss-reactive ketones (excluding diaryl/α,β-unsaturated/α-hetero) is 2. The Labute approximate surface area is 134 Å². The predicted octanol–water partition coefficient (Wildman–Crippen LogP) is 1.70. The highest BCUT2D eigenvalue weighted by Gasteiger charge is 2.81. The summed E-state index contributed by atoms with van der Waals surface area (Å²) in [6.07, 6.45) is 0.892. The molecular formula is C19H18O4. The summed E-state index contributed by atoms with van der Waals surface area (Å²) in [7, 11) is 0. The standard InChI is InChI=1S/C19H18O4/c1-7-3-4-9(5-8(7)2)19-17(21)13-11-6-10(15-16(11)22-15)12(13)14(20)18(19)23-19/h3-5,10-13,15-16,18H,6H2,1-2H3/t10-,11+,12+,13-,15+,16-,18-,19-/m0/s1. The van der Waals surface area contributed by atoms with E-state index >= 15 is 0 Å². The molecule has 0 aromatic heterocycles. The molecule has 3 saturated carbocycles. The highest BCUT2D eigenvalue weighted by molar-refractivity contribution is 6.10. The largest absolute Gasteiger partial charge is 0.369 e. The number of rotatable bonds is 1. The first-order valence-corrected chi connectivity index (χ1v) is 8.53. The van der Waals surface area contributed by atoms with Gasteiger partial charge in [-0.3, -0.25) is 9.59 Å². The Balaban J connectivity index is 1.47. The van der Waals surface area contributed by atoms with Crippen molar-refractivity contribution in [1.82, 2.24) is 0 Å². The molecule has 5 aliphatic rings. The molecule has 0 amide bonds. The van der Waals surface area contributed by atoms with Crippen molar-refractivity contribution in [2.24, 2.45) is 23.7 Å². The van der Waals surface area contributed by atoms with Gasteiger partial charge >= 0.3 is 0 Å². The van der Waals surface area contributed by atoms with Gasteiger partial charge in [0.05, 0.1) is 12.2 Å². The van der Waals surface area contributed by atoms with Gasteiger partial charge in [0.2, 0.25) is 0 Å². The number of hydrogen-bond donors (Lipinski definition) is 0. The molecule has 2 bridgehead atoms. The lowest BCUT2D eigenvalue weighted by atomic mass is 9.64. The molecule has 4 nitrogen and oxygen atoms in total. The number of fused-ring (bicyclic) bond motifs is 9. The number of aryl methyl sites for hydroxylation is 2. The topological polar surface area (TPSA) is 59.2 Å². The van der Waals surface area contributed by atoms with Crippen LogP contribution in [0.2, 0.25) is 0 Å². The van der Waals surface area contributed by atoms with Gasteiger partial charge in [0.1, 0.15) is 0 Å². The number of hydrogen-bond acceptors (Lipinski definition) is 4. The Hall–Kier alpha value is -1.52. The maximum absolute atomic E-state index is 13.3. The zero-order valence-electron chi connectivity index (χ0n) is 13.1. The third-order valence-corrected chi connectivity index (χ3v) is 7.07. The zero-order valence-corrected chi connectivity index (χ0v) is 13.1. The average molecular weight is 310 g/mol. The van der Waals surface area contributed by atoms with Gasteiger partial charge < -0.3 is 9.47 Å². The fourth-order valence-corrected chi connectivity index (χ4v) is 5.74. The van der Waals surface area contributed by atoms with Gasteiger partial charge in [0.25, 0.3) is 0 Å². The first-order valence-electron chi connectivity index (χ1n) is 8.53. The maximum atomic E-state index is 13.3. The SMILES string of the molecule is Cc1ccc([C@@]23O[C@H]2C(=O)[C@@H]2[C@@H]4C[C@@H]([C@@H]5O[C@H]45)[C@@H]2C3=O)cc1C. The van der Waals surface area contributed by atoms with E-state index in [0.717, 1.165) is 17.5 Å². The Kier molecular flexibility index (Phi) is 2.01. The second-order valence-electron chi connectivity index (χ2n) is 7.98. The van der Waals surface area contributed by atoms with Gasteiger partial charge in [-0.05, 0) is 48.8 Å². The number of carbonyl (C=O) groups is 2. The van der Waals surface area contributed by atoms with Crippen LogP contribution in [0.1, 0.15) is 23.1 Å². The summed E-state index contributed by atoms with van der Waals surface area (Å²) in [5.41, 5.74) is 2.18. The molecule has 1 aromatic carbocycles. The Morgan fingerprint density at radius 1 is 1.04 bits per heavy atom. The van der Waals surface area contributed by atoms with E-state index in [0.29, 0.717) is 0 Å². The summed E-state index contributed by atoms with van der Waals surface area (Å²) in [6, 6.07) is 5.99. The van der Waals surface area contributed by atoms with Gasteiger partial charge in [0, 0.05) is 11.8 Å². The number of epoxide rings is 2. The average Bonchev–Trinajstić information content (AvgIpc) is 3.43. The van der Waals surface area contributed by atoms with Crippen LogP contribution >= 0.6 is 0 Å². The molecule has 2 saturated heterocycles. The van der Waals surface area contributed by atoms with Crippen LogP contribution in [0.5, 0.6) is 0 Å². The molecule has 118 valence electrons. The van der Waals surface area contributed by atoms with Crippen LogP contribution < -0.4 is 0 Å². The van der Waals surface area contributed by atoms with E-state index < -0.39 is 11.7 Å². The molecular weight excluding hydrogens is 292 g/mol. The third kappa shape index (κ3) is 1.26. The van der Waals surface area contributed by atoms with Crippen LogP contribution in [0.4, 0.5) is 0 Å². The van der Waals surface area contributed by atoms with Crippen molar-refractivity contribution in [3.8, 4) is 0 Å². The molecule has 0 radical (unpaired) electrons. The maximum Gasteiger partial charge on any atom is 0.186 e. The second kappa shape index (κ2) is 3.60. The van der Waals surface area contributed by atoms with E-state index in [4.69, 9.17) is 9.47 Å². The lowest BCUT2D eigenvalue weighted by Crippen LogP contribution is -2.50. The molecule has 0 spiro atoms. The second-order valence-corrected chi connectivity index (χ2v) is 7.98. The molecule has 23 heavy (non-hydrogen) atoms. The first-order chi connectivity index (χ1) is 11.0. The Bertz CT molecular complexity index is 799. The smallest absolute Gasteiger partial charge is 0.186 e. The van der Waals surface area contributed by atoms with Crippen molar-refractivity contribution in [1.29, 1.82) is 0 Å². The van der Waals surface area contributed by atoms with Crippen molar-refractivity contribution in [2.45, 2.75) is 44.2 Å². The predicted molar refractivity (Wildman–Crippen MR) is 79.7 cm³/mol. The normalized spacial score (nSPS) is 51.3. The fourth-order valence-electron chi connectivity index (χ4n) is 5.74. The van der Waals surface area contributed by atoms with E-state index in [1.54, 1.807) is 0 Å². The van der Waals surface area contributed by atoms with Gasteiger partial charge in [-0.1, -0.05) is 18.2 Å². The van der Waals surface area contributed by atoms with Crippen molar-refractivity contribution in [3.05, 3.63) is 34.9 Å². The van der Waals surface area contributed by atoms with Crippen LogP contribution in [0, 0.1) is 37.5 Å². The lowest BCUT2D eigenvalue weighted by Gasteiger charge is -2.32. The third-order valence-electron chi connectivity index (χ3n) is 7.07. The number of ketones is 2. The molecule has 3 aliphatic carbocycles. The van der Waals surface area contributed by atoms with E-state index in [2.05, 4.69) is 0 Å². The van der Waals surface area contributed by atoms with Gasteiger partial charge in [0.15, 0.2) is 23.3 Å². The monoisotopic (exact) mass is 310 g/mol. The van der Waals surface area contributed by atoms with Crippen LogP contribution in [0.25, 0.3) is 0 Å². The van der Waals surface area contributed by atoms with Crippen molar-refractivity contribution >= 4 is 11.6 Å². The molecule has 5 fully saturated rings. The summed E-state index contributed by atoms with van der Waals surface area (Å²) >= 11 is 0. The summed E-state index contributed by atoms with van der Waals surface area (Å²) in [4.78, 5) is 26.3. The highest BCUT2D eigenvalue weighted by atomic mass is 16.6. The summed E-state index contributed by atoms with van der Waals surface area (Å²) in [5, 5.41) is 0. The first kappa shape index (κ1) is 12.8. The molecule has 4 heteroatoms. The quantitative estimate of drug-likeness (QED) is 0.741. The van der Waals surface area contributed by atoms with Crippen molar-refractivity contribution in [3.63, 3.8) is 0 Å². The molecule has 6 rings (SSSR count). The number of ether oxygens (including phenoxy) is 2. The molecule has 0 N–H and O–H groups in total. The van der Waals surface area contributed by atoms with Gasteiger partial charge in [-0.15, -0.1) is 0 Å². The lowest BCUT2D eigenvalue weighted by molar-refractivity contribution is -0.140. The van der Waals surface area contributed by atoms with Crippen molar-refractivity contribution in [2.75, 3.05) is 0 Å². The number of benzene rings is 1. The highest BCUT2D eigenvalue weighted by Crippen LogP contribution is 2.68. The van der Waals surface area contributed by atoms with E-state index in [-0.39, 0.29) is 47.4 Å². The molecule has 0 unspecified atom stereocenters. The molecule has 8 atom stereocenters.